The van der Waals surface area contributed by atoms with Crippen LogP contribution in [0.3, 0.4) is 0 Å². The fraction of sp³-hybridized carbons (Fsp3) is 0.750. The second kappa shape index (κ2) is 10.1. The highest BCUT2D eigenvalue weighted by Gasteiger charge is 2.44. The number of alkyl halides is 1. The van der Waals surface area contributed by atoms with E-state index in [0.29, 0.717) is 23.5 Å². The van der Waals surface area contributed by atoms with Gasteiger partial charge in [0, 0.05) is 0 Å². The number of aliphatic hydroxyl groups excluding tert-OH is 3. The van der Waals surface area contributed by atoms with Crippen LogP contribution >= 0.6 is 0 Å². The predicted octanol–water partition coefficient (Wildman–Crippen LogP) is 3.14. The Labute approximate surface area is 183 Å². The number of aliphatic hydroxyl groups is 3. The molecule has 5 atom stereocenters. The minimum atomic E-state index is -1.47. The van der Waals surface area contributed by atoms with Crippen molar-refractivity contribution >= 4 is 0 Å². The van der Waals surface area contributed by atoms with Gasteiger partial charge in [-0.3, -0.25) is 0 Å². The molecular formula is C24H35FO6. The van der Waals surface area contributed by atoms with E-state index in [4.69, 9.17) is 14.2 Å². The second-order valence-corrected chi connectivity index (χ2v) is 9.31. The lowest BCUT2D eigenvalue weighted by molar-refractivity contribution is -0.227. The van der Waals surface area contributed by atoms with Gasteiger partial charge >= 0.3 is 0 Å². The molecule has 3 fully saturated rings. The number of hydrogen-bond acceptors (Lipinski definition) is 6. The van der Waals surface area contributed by atoms with Crippen LogP contribution in [0.1, 0.15) is 68.6 Å². The Morgan fingerprint density at radius 1 is 0.903 bits per heavy atom. The van der Waals surface area contributed by atoms with Crippen molar-refractivity contribution in [3.8, 4) is 5.75 Å². The summed E-state index contributed by atoms with van der Waals surface area (Å²) in [6.07, 6.45) is 3.24. The zero-order chi connectivity index (χ0) is 22.0. The molecule has 0 aromatic heterocycles. The zero-order valence-corrected chi connectivity index (χ0v) is 18.2. The zero-order valence-electron chi connectivity index (χ0n) is 18.2. The van der Waals surface area contributed by atoms with E-state index in [1.807, 2.05) is 13.0 Å². The van der Waals surface area contributed by atoms with E-state index in [1.165, 1.54) is 25.7 Å². The third-order valence-corrected chi connectivity index (χ3v) is 7.01. The van der Waals surface area contributed by atoms with Gasteiger partial charge in [0.2, 0.25) is 0 Å². The SMILES string of the molecule is Cc1ccc([C@@H]2O[C@H](CF)[C@@H](O)[C@H](O)[C@H]2O)cc1OC1CCC(OC2CCCC2)CC1. The van der Waals surface area contributed by atoms with Crippen molar-refractivity contribution in [2.24, 2.45) is 0 Å². The highest BCUT2D eigenvalue weighted by Crippen LogP contribution is 2.36. The molecule has 1 saturated heterocycles. The quantitative estimate of drug-likeness (QED) is 0.633. The fourth-order valence-corrected chi connectivity index (χ4v) is 5.04. The Kier molecular flexibility index (Phi) is 7.49. The first-order valence-corrected chi connectivity index (χ1v) is 11.6. The summed E-state index contributed by atoms with van der Waals surface area (Å²) in [6.45, 7) is 1.01. The Morgan fingerprint density at radius 3 is 2.23 bits per heavy atom. The first-order chi connectivity index (χ1) is 15.0. The van der Waals surface area contributed by atoms with Crippen molar-refractivity contribution in [2.75, 3.05) is 6.67 Å². The van der Waals surface area contributed by atoms with Gasteiger partial charge in [-0.05, 0) is 62.6 Å². The van der Waals surface area contributed by atoms with Gasteiger partial charge in [0.25, 0.3) is 0 Å². The normalized spacial score (nSPS) is 37.1. The van der Waals surface area contributed by atoms with Crippen molar-refractivity contribution in [3.05, 3.63) is 29.3 Å². The lowest BCUT2D eigenvalue weighted by atomic mass is 9.91. The standard InChI is InChI=1S/C24H35FO6/c1-14-6-7-15(24-23(28)22(27)21(26)20(13-25)31-24)12-19(14)30-18-10-8-17(9-11-18)29-16-4-2-3-5-16/h6-7,12,16-18,20-24,26-28H,2-5,8-11,13H2,1H3/t17?,18?,20-,21-,22+,23-,24+/m1/s1. The van der Waals surface area contributed by atoms with Crippen molar-refractivity contribution in [3.63, 3.8) is 0 Å². The Bertz CT molecular complexity index is 714. The fourth-order valence-electron chi connectivity index (χ4n) is 5.04. The molecule has 3 N–H and O–H groups in total. The molecule has 4 rings (SSSR count). The van der Waals surface area contributed by atoms with Crippen LogP contribution in [0, 0.1) is 6.92 Å². The van der Waals surface area contributed by atoms with Crippen LogP contribution in [0.2, 0.25) is 0 Å². The summed E-state index contributed by atoms with van der Waals surface area (Å²) < 4.78 is 31.3. The Hall–Kier alpha value is -1.25. The summed E-state index contributed by atoms with van der Waals surface area (Å²) in [5.74, 6) is 0.700. The lowest BCUT2D eigenvalue weighted by Gasteiger charge is -2.40. The summed E-state index contributed by atoms with van der Waals surface area (Å²) in [5, 5.41) is 30.4. The van der Waals surface area contributed by atoms with Crippen LogP contribution in [0.25, 0.3) is 0 Å². The summed E-state index contributed by atoms with van der Waals surface area (Å²) in [5.41, 5.74) is 1.55. The Balaban J connectivity index is 1.38. The topological polar surface area (TPSA) is 88.4 Å². The van der Waals surface area contributed by atoms with Gasteiger partial charge in [-0.15, -0.1) is 0 Å². The summed E-state index contributed by atoms with van der Waals surface area (Å²) >= 11 is 0. The smallest absolute Gasteiger partial charge is 0.122 e. The van der Waals surface area contributed by atoms with E-state index in [-0.39, 0.29) is 6.10 Å². The molecule has 0 radical (unpaired) electrons. The van der Waals surface area contributed by atoms with E-state index in [9.17, 15) is 19.7 Å². The molecule has 1 heterocycles. The average molecular weight is 439 g/mol. The van der Waals surface area contributed by atoms with Crippen LogP contribution in [0.4, 0.5) is 4.39 Å². The first-order valence-electron chi connectivity index (χ1n) is 11.6. The molecule has 0 amide bonds. The number of benzene rings is 1. The third-order valence-electron chi connectivity index (χ3n) is 7.01. The summed E-state index contributed by atoms with van der Waals surface area (Å²) in [6, 6.07) is 5.45. The van der Waals surface area contributed by atoms with E-state index >= 15 is 0 Å². The molecular weight excluding hydrogens is 403 g/mol. The highest BCUT2D eigenvalue weighted by molar-refractivity contribution is 5.38. The maximum Gasteiger partial charge on any atom is 0.122 e. The van der Waals surface area contributed by atoms with Crippen molar-refractivity contribution in [1.82, 2.24) is 0 Å². The van der Waals surface area contributed by atoms with Crippen molar-refractivity contribution < 1.29 is 33.9 Å². The maximum absolute atomic E-state index is 13.2. The van der Waals surface area contributed by atoms with Crippen molar-refractivity contribution in [1.29, 1.82) is 0 Å². The van der Waals surface area contributed by atoms with Crippen LogP contribution in [0.15, 0.2) is 18.2 Å². The van der Waals surface area contributed by atoms with Gasteiger partial charge in [0.15, 0.2) is 0 Å². The summed E-state index contributed by atoms with van der Waals surface area (Å²) in [7, 11) is 0. The van der Waals surface area contributed by atoms with Gasteiger partial charge < -0.3 is 29.5 Å². The van der Waals surface area contributed by atoms with Gasteiger partial charge in [-0.2, -0.15) is 0 Å². The number of hydrogen-bond donors (Lipinski definition) is 3. The number of rotatable bonds is 6. The molecule has 31 heavy (non-hydrogen) atoms. The molecule has 174 valence electrons. The van der Waals surface area contributed by atoms with Crippen LogP contribution in [0.5, 0.6) is 5.75 Å². The molecule has 1 aliphatic heterocycles. The second-order valence-electron chi connectivity index (χ2n) is 9.31. The van der Waals surface area contributed by atoms with E-state index in [0.717, 1.165) is 31.2 Å². The number of ether oxygens (including phenoxy) is 3. The van der Waals surface area contributed by atoms with Gasteiger partial charge in [0.1, 0.15) is 42.9 Å². The molecule has 1 aromatic carbocycles. The predicted molar refractivity (Wildman–Crippen MR) is 113 cm³/mol. The summed E-state index contributed by atoms with van der Waals surface area (Å²) in [4.78, 5) is 0. The van der Waals surface area contributed by atoms with Gasteiger partial charge in [-0.1, -0.05) is 25.0 Å². The van der Waals surface area contributed by atoms with E-state index in [2.05, 4.69) is 0 Å². The van der Waals surface area contributed by atoms with Gasteiger partial charge in [0.05, 0.1) is 18.3 Å². The largest absolute Gasteiger partial charge is 0.490 e. The maximum atomic E-state index is 13.2. The average Bonchev–Trinajstić information content (AvgIpc) is 3.28. The highest BCUT2D eigenvalue weighted by atomic mass is 19.1. The molecule has 1 aromatic rings. The monoisotopic (exact) mass is 438 g/mol. The molecule has 0 bridgehead atoms. The van der Waals surface area contributed by atoms with Crippen LogP contribution in [-0.4, -0.2) is 64.7 Å². The van der Waals surface area contributed by atoms with Crippen molar-refractivity contribution in [2.45, 2.75) is 107 Å². The first kappa shape index (κ1) is 22.9. The molecule has 2 aliphatic carbocycles. The van der Waals surface area contributed by atoms with E-state index < -0.39 is 37.2 Å². The molecule has 7 heteroatoms. The molecule has 0 spiro atoms. The third kappa shape index (κ3) is 5.22. The number of halogens is 1. The Morgan fingerprint density at radius 2 is 1.55 bits per heavy atom. The number of aryl methyl sites for hydroxylation is 1. The minimum absolute atomic E-state index is 0.0978. The van der Waals surface area contributed by atoms with Gasteiger partial charge in [-0.25, -0.2) is 4.39 Å². The van der Waals surface area contributed by atoms with E-state index in [1.54, 1.807) is 12.1 Å². The van der Waals surface area contributed by atoms with Crippen LogP contribution in [-0.2, 0) is 9.47 Å². The molecule has 2 saturated carbocycles. The molecule has 3 aliphatic rings. The van der Waals surface area contributed by atoms with Crippen LogP contribution < -0.4 is 4.74 Å². The molecule has 0 unspecified atom stereocenters. The molecule has 6 nitrogen and oxygen atoms in total. The lowest BCUT2D eigenvalue weighted by Crippen LogP contribution is -2.54. The minimum Gasteiger partial charge on any atom is -0.490 e.